The fourth-order valence-electron chi connectivity index (χ4n) is 17.2. The van der Waals surface area contributed by atoms with Crippen LogP contribution in [0.3, 0.4) is 0 Å². The zero-order valence-electron chi connectivity index (χ0n) is 78.3. The molecule has 12 aromatic heterocycles. The van der Waals surface area contributed by atoms with Crippen LogP contribution in [-0.2, 0) is 63.5 Å². The quantitative estimate of drug-likeness (QED) is 0.0284. The molecule has 2 bridgehead atoms. The summed E-state index contributed by atoms with van der Waals surface area (Å²) in [6, 6.07) is 56.8. The third-order valence-corrected chi connectivity index (χ3v) is 24.6. The van der Waals surface area contributed by atoms with Crippen molar-refractivity contribution in [2.24, 2.45) is 21.1 Å². The van der Waals surface area contributed by atoms with E-state index in [9.17, 15) is 4.79 Å². The summed E-state index contributed by atoms with van der Waals surface area (Å²) in [7, 11) is 9.51. The number of amides is 1. The van der Waals surface area contributed by atoms with Gasteiger partial charge in [0.2, 0.25) is 29.7 Å². The summed E-state index contributed by atoms with van der Waals surface area (Å²) in [4.78, 5) is 72.3. The van der Waals surface area contributed by atoms with Crippen molar-refractivity contribution in [2.45, 2.75) is 63.9 Å². The number of anilines is 8. The molecule has 8 aromatic carbocycles. The summed E-state index contributed by atoms with van der Waals surface area (Å²) in [6.45, 7) is 6.68. The van der Waals surface area contributed by atoms with Gasteiger partial charge in [-0.1, -0.05) is 58.2 Å². The number of benzene rings is 8. The molecule has 3 fully saturated rings. The number of aromatic nitrogens is 22. The van der Waals surface area contributed by atoms with Crippen molar-refractivity contribution in [1.29, 1.82) is 0 Å². The van der Waals surface area contributed by atoms with E-state index in [1.807, 2.05) is 261 Å². The number of aryl methyl sites for hydroxylation is 3. The lowest BCUT2D eigenvalue weighted by Crippen LogP contribution is -2.37. The molecule has 1 amide bonds. The maximum absolute atomic E-state index is 12.5. The van der Waals surface area contributed by atoms with Crippen molar-refractivity contribution >= 4 is 112 Å². The highest BCUT2D eigenvalue weighted by molar-refractivity contribution is 9.10. The minimum Gasteiger partial charge on any atom is -0.488 e. The van der Waals surface area contributed by atoms with Gasteiger partial charge in [-0.2, -0.15) is 20.4 Å². The molecular formula is C107H98BrN29O5. The van der Waals surface area contributed by atoms with Gasteiger partial charge in [0.25, 0.3) is 0 Å². The van der Waals surface area contributed by atoms with Gasteiger partial charge in [0.1, 0.15) is 36.6 Å². The van der Waals surface area contributed by atoms with Crippen LogP contribution in [-0.4, -0.2) is 194 Å². The van der Waals surface area contributed by atoms with Gasteiger partial charge < -0.3 is 59.1 Å². The average Bonchev–Trinajstić information content (AvgIpc) is 1.13. The monoisotopic (exact) mass is 1950 g/mol. The van der Waals surface area contributed by atoms with Crippen molar-refractivity contribution in [1.82, 2.24) is 123 Å². The molecule has 0 radical (unpaired) electrons. The van der Waals surface area contributed by atoms with Crippen LogP contribution < -0.4 is 35.5 Å². The van der Waals surface area contributed by atoms with Crippen LogP contribution >= 0.6 is 15.9 Å². The van der Waals surface area contributed by atoms with Crippen molar-refractivity contribution in [2.75, 3.05) is 68.1 Å². The Morgan fingerprint density at radius 3 is 1.54 bits per heavy atom. The highest BCUT2D eigenvalue weighted by Gasteiger charge is 2.39. The largest absolute Gasteiger partial charge is 0.488 e. The van der Waals surface area contributed by atoms with Crippen molar-refractivity contribution in [3.05, 3.63) is 344 Å². The second kappa shape index (κ2) is 42.7. The number of carbonyl (C=O) groups is 1. The third kappa shape index (κ3) is 23.4. The number of carbonyl (C=O) groups excluding carboxylic acids is 1. The molecule has 0 saturated carbocycles. The van der Waals surface area contributed by atoms with E-state index in [0.29, 0.717) is 80.3 Å². The van der Waals surface area contributed by atoms with E-state index in [1.165, 1.54) is 5.56 Å². The Hall–Kier alpha value is -17.3. The van der Waals surface area contributed by atoms with E-state index in [0.717, 1.165) is 195 Å². The Bertz CT molecular complexity index is 7850. The second-order valence-electron chi connectivity index (χ2n) is 35.1. The van der Waals surface area contributed by atoms with Gasteiger partial charge in [0.05, 0.1) is 85.3 Å². The van der Waals surface area contributed by atoms with Gasteiger partial charge in [-0.3, -0.25) is 38.8 Å². The predicted molar refractivity (Wildman–Crippen MR) is 549 cm³/mol. The fraction of sp³-hybridized carbons (Fsp3) is 0.187. The number of imidazole rings is 2. The second-order valence-corrected chi connectivity index (χ2v) is 36.0. The Kier molecular flexibility index (Phi) is 27.8. The molecule has 3 atom stereocenters. The maximum Gasteiger partial charge on any atom is 0.236 e. The lowest BCUT2D eigenvalue weighted by molar-refractivity contribution is -0.131. The van der Waals surface area contributed by atoms with Gasteiger partial charge >= 0.3 is 0 Å². The smallest absolute Gasteiger partial charge is 0.236 e. The highest BCUT2D eigenvalue weighted by Crippen LogP contribution is 2.40. The van der Waals surface area contributed by atoms with E-state index < -0.39 is 0 Å². The summed E-state index contributed by atoms with van der Waals surface area (Å²) in [5.41, 5.74) is 21.0. The fourth-order valence-corrected chi connectivity index (χ4v) is 17.6. The number of likely N-dealkylation sites (N-methyl/N-ethyl adjacent to an activating group) is 1. The molecule has 15 heterocycles. The van der Waals surface area contributed by atoms with Crippen LogP contribution in [0.2, 0.25) is 0 Å². The summed E-state index contributed by atoms with van der Waals surface area (Å²) >= 11 is 3.50. The first-order valence-corrected chi connectivity index (χ1v) is 46.9. The first kappa shape index (κ1) is 92.4. The van der Waals surface area contributed by atoms with Crippen molar-refractivity contribution < 1.29 is 23.7 Å². The molecule has 3 aliphatic rings. The number of hydrogen-bond acceptors (Lipinski definition) is 27. The van der Waals surface area contributed by atoms with Crippen LogP contribution in [0.5, 0.6) is 17.2 Å². The molecule has 3 aliphatic heterocycles. The van der Waals surface area contributed by atoms with Crippen molar-refractivity contribution in [3.63, 3.8) is 0 Å². The number of morpholine rings is 1. The number of pyridine rings is 2. The molecule has 3 saturated heterocycles. The molecule has 708 valence electrons. The molecule has 5 N–H and O–H groups in total. The molecule has 23 rings (SSSR count). The topological polar surface area (TPSA) is 359 Å². The summed E-state index contributed by atoms with van der Waals surface area (Å²) in [6.07, 6.45) is 48.2. The Morgan fingerprint density at radius 1 is 0.500 bits per heavy atom. The maximum atomic E-state index is 12.5. The number of nitrogens with zero attached hydrogens (tertiary/aromatic N) is 24. The molecule has 0 spiro atoms. The molecule has 0 unspecified atom stereocenters. The number of hydrogen-bond donors (Lipinski definition) is 5. The number of nitrogens with one attached hydrogen (secondary N) is 5. The minimum atomic E-state index is -0.0784. The lowest BCUT2D eigenvalue weighted by atomic mass is 10.0. The van der Waals surface area contributed by atoms with Crippen LogP contribution in [0, 0.1) is 12.3 Å². The summed E-state index contributed by atoms with van der Waals surface area (Å²) in [5, 5.41) is 37.0. The molecule has 35 heteroatoms. The van der Waals surface area contributed by atoms with Gasteiger partial charge in [-0.05, 0) is 164 Å². The van der Waals surface area contributed by atoms with Gasteiger partial charge in [0, 0.05) is 283 Å². The number of aromatic amines is 1. The first-order valence-electron chi connectivity index (χ1n) is 46.1. The Balaban J connectivity index is 0.000000116. The van der Waals surface area contributed by atoms with E-state index in [1.54, 1.807) is 71.6 Å². The summed E-state index contributed by atoms with van der Waals surface area (Å²) in [5.74, 6) is 6.96. The minimum absolute atomic E-state index is 0.0784. The first-order chi connectivity index (χ1) is 69.4. The van der Waals surface area contributed by atoms with Crippen LogP contribution in [0.1, 0.15) is 46.2 Å². The molecular weight excluding hydrogens is 1850 g/mol. The van der Waals surface area contributed by atoms with E-state index in [2.05, 4.69) is 161 Å². The van der Waals surface area contributed by atoms with Crippen molar-refractivity contribution in [3.8, 4) is 74.1 Å². The van der Waals surface area contributed by atoms with Crippen LogP contribution in [0.15, 0.2) is 311 Å². The number of likely N-dealkylation sites (tertiary alicyclic amines) is 2. The molecule has 34 nitrogen and oxygen atoms in total. The van der Waals surface area contributed by atoms with E-state index in [-0.39, 0.29) is 12.0 Å². The van der Waals surface area contributed by atoms with Gasteiger partial charge in [-0.25, -0.2) is 49.8 Å². The Labute approximate surface area is 825 Å². The zero-order valence-corrected chi connectivity index (χ0v) is 79.9. The van der Waals surface area contributed by atoms with E-state index in [4.69, 9.17) is 40.3 Å². The van der Waals surface area contributed by atoms with Gasteiger partial charge in [0.15, 0.2) is 0 Å². The normalized spacial score (nSPS) is 14.2. The third-order valence-electron chi connectivity index (χ3n) is 24.1. The summed E-state index contributed by atoms with van der Waals surface area (Å²) < 4.78 is 35.0. The number of fused-ring (bicyclic) bond motifs is 6. The SMILES string of the molecule is C#Cc1ccc2nc(Nc3cc(O[C@@H]4CCN(C(=O)CN(C)C)C4)cc(-c4cnn(C)c4)c3)ncc2c1.Cn1cc(-c2cc(CN3C[C@@H]4C[C@@H]3CO4)cc(Nc3ncc4cc(Br)ccc4n3)c2)cn1.Cn1cc(-c2cc3cnc(Nc4cccc(Cn5ccnc5)c4)nc3cc2OCc2cccnc2)cn1.c1cncc(COc2cc3nc(Nc4cccc(Cn5ccnc5)c4)ncc3cc2-c2cn[nH]c2)c1. The number of rotatable bonds is 28. The number of halogens is 1. The van der Waals surface area contributed by atoms with Gasteiger partial charge in [-0.15, -0.1) is 6.42 Å². The van der Waals surface area contributed by atoms with Crippen LogP contribution in [0.4, 0.5) is 46.5 Å². The Morgan fingerprint density at radius 2 is 1.03 bits per heavy atom. The molecule has 20 aromatic rings. The average molecular weight is 1950 g/mol. The number of ether oxygens (including phenoxy) is 4. The number of terminal acetylenes is 1. The van der Waals surface area contributed by atoms with E-state index >= 15 is 0 Å². The molecule has 0 aliphatic carbocycles. The predicted octanol–water partition coefficient (Wildman–Crippen LogP) is 17.8. The lowest BCUT2D eigenvalue weighted by Gasteiger charge is -2.27. The molecule has 142 heavy (non-hydrogen) atoms. The number of H-pyrrole nitrogens is 1. The standard InChI is InChI=1S/C28H24N8O.C28H29N7O2.C27H22N8O.C24H23BrN6O/c1-35-17-23(15-32-35)25-11-22-14-31-28(33-24-6-2-4-20(10-24)16-36-9-8-30-19-36)34-26(22)12-27(25)37-18-21-5-3-7-29-13-21;1-5-19-6-7-26-21(10-19)14-29-28(32-26)31-23-11-20(22-15-30-34(4)16-22)12-25(13-23)37-24-8-9-35(17-24)27(36)18-33(2)3;1-3-19(16-35-8-7-29-18-35)9-23(5-1)33-27-30-13-21-10-24(22-14-31-32-15-22)26(11-25(21)34-27)36-17-20-4-2-6-28-12-20;1-30-12-18(10-27-30)16-4-15(11-31-13-22-8-21(31)14-32-22)5-20(7-16)28-24-26-9-17-6-19(25)2-3-23(17)29-24/h2-15,17,19H,16,18H2,1H3,(H,31,33,34);1,6-7,10-16,24H,8-9,17-18H2,2-4H3,(H,29,31,32);1-15,18H,16-17H2,(H,31,32)(H,30,33,34);2-7,9-10,12,21-22H,8,11,13-14H2,1H3,(H,26,28,29)/t;24-;;21-,22+/m.1.1/s1. The zero-order chi connectivity index (χ0) is 96.8. The van der Waals surface area contributed by atoms with Crippen LogP contribution in [0.25, 0.3) is 88.1 Å². The highest BCUT2D eigenvalue weighted by atomic mass is 79.9.